The maximum absolute atomic E-state index is 12.8. The standard InChI is InChI=1S/C16H18F2N2O6S/c1-4-24-15(21)12-14(27(22,23)5-2)13(26-20-12)11-7-6-10(8-19-11)25-9-16(3,17)18/h6-8H,4-5,9H2,1-3H3. The third kappa shape index (κ3) is 5.00. The molecule has 0 aromatic carbocycles. The molecule has 0 atom stereocenters. The maximum Gasteiger partial charge on any atom is 0.361 e. The number of aromatic nitrogens is 2. The quantitative estimate of drug-likeness (QED) is 0.618. The Bertz CT molecular complexity index is 904. The predicted octanol–water partition coefficient (Wildman–Crippen LogP) is 2.74. The normalized spacial score (nSPS) is 12.0. The number of ether oxygens (including phenoxy) is 2. The van der Waals surface area contributed by atoms with Gasteiger partial charge in [0.25, 0.3) is 5.92 Å². The summed E-state index contributed by atoms with van der Waals surface area (Å²) in [6.07, 6.45) is 1.13. The zero-order valence-corrected chi connectivity index (χ0v) is 15.7. The molecule has 0 amide bonds. The molecular formula is C16H18F2N2O6S. The number of nitrogens with zero attached hydrogens (tertiary/aromatic N) is 2. The molecule has 0 unspecified atom stereocenters. The number of esters is 1. The SMILES string of the molecule is CCOC(=O)c1noc(-c2ccc(OCC(C)(F)F)cn2)c1S(=O)(=O)CC. The minimum absolute atomic E-state index is 0.0268. The Kier molecular flexibility index (Phi) is 6.14. The zero-order chi connectivity index (χ0) is 20.2. The molecule has 0 bridgehead atoms. The van der Waals surface area contributed by atoms with Crippen molar-refractivity contribution in [2.45, 2.75) is 31.6 Å². The summed E-state index contributed by atoms with van der Waals surface area (Å²) in [7, 11) is -3.89. The molecule has 2 heterocycles. The minimum atomic E-state index is -3.89. The largest absolute Gasteiger partial charge is 0.486 e. The Morgan fingerprint density at radius 1 is 1.30 bits per heavy atom. The van der Waals surface area contributed by atoms with Crippen molar-refractivity contribution in [2.75, 3.05) is 19.0 Å². The van der Waals surface area contributed by atoms with E-state index in [0.717, 1.165) is 6.20 Å². The molecule has 0 spiro atoms. The van der Waals surface area contributed by atoms with Crippen molar-refractivity contribution in [1.82, 2.24) is 10.1 Å². The van der Waals surface area contributed by atoms with Crippen LogP contribution in [0.4, 0.5) is 8.78 Å². The number of alkyl halides is 2. The molecular weight excluding hydrogens is 386 g/mol. The molecule has 2 rings (SSSR count). The average molecular weight is 404 g/mol. The van der Waals surface area contributed by atoms with E-state index >= 15 is 0 Å². The van der Waals surface area contributed by atoms with Gasteiger partial charge in [0.05, 0.1) is 18.6 Å². The van der Waals surface area contributed by atoms with E-state index in [1.54, 1.807) is 6.92 Å². The van der Waals surface area contributed by atoms with Gasteiger partial charge in [-0.25, -0.2) is 27.0 Å². The van der Waals surface area contributed by atoms with Gasteiger partial charge in [-0.2, -0.15) is 0 Å². The van der Waals surface area contributed by atoms with E-state index in [-0.39, 0.29) is 29.6 Å². The van der Waals surface area contributed by atoms with Gasteiger partial charge in [-0.3, -0.25) is 0 Å². The number of pyridine rings is 1. The number of carbonyl (C=O) groups excluding carboxylic acids is 1. The Morgan fingerprint density at radius 2 is 2.00 bits per heavy atom. The van der Waals surface area contributed by atoms with Crippen LogP contribution in [0.15, 0.2) is 27.7 Å². The molecule has 0 aliphatic heterocycles. The lowest BCUT2D eigenvalue weighted by atomic mass is 10.2. The molecule has 8 nitrogen and oxygen atoms in total. The fourth-order valence-corrected chi connectivity index (χ4v) is 3.15. The lowest BCUT2D eigenvalue weighted by Gasteiger charge is -2.11. The van der Waals surface area contributed by atoms with Crippen molar-refractivity contribution in [3.05, 3.63) is 24.0 Å². The Hall–Kier alpha value is -2.56. The first-order valence-electron chi connectivity index (χ1n) is 7.95. The van der Waals surface area contributed by atoms with E-state index in [9.17, 15) is 22.0 Å². The molecule has 0 saturated heterocycles. The van der Waals surface area contributed by atoms with Gasteiger partial charge in [0, 0.05) is 6.92 Å². The highest BCUT2D eigenvalue weighted by molar-refractivity contribution is 7.91. The van der Waals surface area contributed by atoms with Crippen LogP contribution in [0.3, 0.4) is 0 Å². The first-order valence-corrected chi connectivity index (χ1v) is 9.61. The summed E-state index contributed by atoms with van der Waals surface area (Å²) >= 11 is 0. The highest BCUT2D eigenvalue weighted by Crippen LogP contribution is 2.31. The van der Waals surface area contributed by atoms with Crippen molar-refractivity contribution in [2.24, 2.45) is 0 Å². The number of halogens is 2. The van der Waals surface area contributed by atoms with Gasteiger partial charge in [0.1, 0.15) is 11.4 Å². The molecule has 0 N–H and O–H groups in total. The van der Waals surface area contributed by atoms with E-state index in [1.165, 1.54) is 19.1 Å². The van der Waals surface area contributed by atoms with Gasteiger partial charge in [0.2, 0.25) is 11.5 Å². The van der Waals surface area contributed by atoms with Gasteiger partial charge in [-0.05, 0) is 19.1 Å². The van der Waals surface area contributed by atoms with Crippen LogP contribution in [-0.4, -0.2) is 49.4 Å². The third-order valence-electron chi connectivity index (χ3n) is 3.27. The molecule has 0 fully saturated rings. The van der Waals surface area contributed by atoms with Crippen molar-refractivity contribution < 1.29 is 36.0 Å². The Morgan fingerprint density at radius 3 is 2.52 bits per heavy atom. The van der Waals surface area contributed by atoms with Gasteiger partial charge < -0.3 is 14.0 Å². The zero-order valence-electron chi connectivity index (χ0n) is 14.9. The van der Waals surface area contributed by atoms with Gasteiger partial charge in [-0.15, -0.1) is 0 Å². The summed E-state index contributed by atoms with van der Waals surface area (Å²) in [5.74, 6) is -4.44. The summed E-state index contributed by atoms with van der Waals surface area (Å²) in [6, 6.07) is 2.64. The van der Waals surface area contributed by atoms with E-state index in [1.807, 2.05) is 0 Å². The summed E-state index contributed by atoms with van der Waals surface area (Å²) in [4.78, 5) is 15.5. The van der Waals surface area contributed by atoms with Crippen LogP contribution in [0, 0.1) is 0 Å². The summed E-state index contributed by atoms with van der Waals surface area (Å²) in [5.41, 5.74) is -0.429. The monoisotopic (exact) mass is 404 g/mol. The number of sulfone groups is 1. The summed E-state index contributed by atoms with van der Waals surface area (Å²) < 4.78 is 65.3. The maximum atomic E-state index is 12.8. The molecule has 0 aliphatic rings. The minimum Gasteiger partial charge on any atom is -0.486 e. The van der Waals surface area contributed by atoms with Crippen molar-refractivity contribution in [3.63, 3.8) is 0 Å². The Labute approximate surface area is 154 Å². The van der Waals surface area contributed by atoms with E-state index in [2.05, 4.69) is 10.1 Å². The summed E-state index contributed by atoms with van der Waals surface area (Å²) in [6.45, 7) is 2.86. The number of hydrogen-bond donors (Lipinski definition) is 0. The van der Waals surface area contributed by atoms with Crippen molar-refractivity contribution in [1.29, 1.82) is 0 Å². The first-order chi connectivity index (χ1) is 12.6. The number of rotatable bonds is 8. The van der Waals surface area contributed by atoms with E-state index in [4.69, 9.17) is 14.0 Å². The van der Waals surface area contributed by atoms with Gasteiger partial charge in [0.15, 0.2) is 21.3 Å². The van der Waals surface area contributed by atoms with Crippen LogP contribution in [0.2, 0.25) is 0 Å². The second-order valence-corrected chi connectivity index (χ2v) is 7.77. The molecule has 27 heavy (non-hydrogen) atoms. The molecule has 0 radical (unpaired) electrons. The number of carbonyl (C=O) groups is 1. The average Bonchev–Trinajstić information content (AvgIpc) is 3.06. The molecule has 0 saturated carbocycles. The third-order valence-corrected chi connectivity index (χ3v) is 5.03. The lowest BCUT2D eigenvalue weighted by molar-refractivity contribution is -0.0230. The molecule has 0 aliphatic carbocycles. The molecule has 148 valence electrons. The molecule has 2 aromatic heterocycles. The second kappa shape index (κ2) is 7.99. The van der Waals surface area contributed by atoms with E-state index in [0.29, 0.717) is 6.92 Å². The van der Waals surface area contributed by atoms with Crippen LogP contribution in [0.1, 0.15) is 31.3 Å². The lowest BCUT2D eigenvalue weighted by Crippen LogP contribution is -2.20. The fourth-order valence-electron chi connectivity index (χ4n) is 2.02. The highest BCUT2D eigenvalue weighted by Gasteiger charge is 2.33. The second-order valence-electron chi connectivity index (χ2n) is 5.55. The van der Waals surface area contributed by atoms with Crippen LogP contribution in [-0.2, 0) is 14.6 Å². The molecule has 2 aromatic rings. The fraction of sp³-hybridized carbons (Fsp3) is 0.438. The van der Waals surface area contributed by atoms with Crippen LogP contribution < -0.4 is 4.74 Å². The van der Waals surface area contributed by atoms with Gasteiger partial charge >= 0.3 is 5.97 Å². The summed E-state index contributed by atoms with van der Waals surface area (Å²) in [5, 5.41) is 3.52. The topological polar surface area (TPSA) is 109 Å². The molecule has 11 heteroatoms. The Balaban J connectivity index is 2.42. The van der Waals surface area contributed by atoms with Crippen LogP contribution in [0.5, 0.6) is 5.75 Å². The van der Waals surface area contributed by atoms with E-state index < -0.39 is 38.9 Å². The number of hydrogen-bond acceptors (Lipinski definition) is 8. The smallest absolute Gasteiger partial charge is 0.361 e. The predicted molar refractivity (Wildman–Crippen MR) is 89.5 cm³/mol. The van der Waals surface area contributed by atoms with Crippen molar-refractivity contribution in [3.8, 4) is 17.2 Å². The van der Waals surface area contributed by atoms with Crippen LogP contribution >= 0.6 is 0 Å². The van der Waals surface area contributed by atoms with Crippen molar-refractivity contribution >= 4 is 15.8 Å². The highest BCUT2D eigenvalue weighted by atomic mass is 32.2. The van der Waals surface area contributed by atoms with Gasteiger partial charge in [-0.1, -0.05) is 12.1 Å². The van der Waals surface area contributed by atoms with Crippen LogP contribution in [0.25, 0.3) is 11.5 Å². The first kappa shape index (κ1) is 20.7.